The number of aryl methyl sites for hydroxylation is 2. The van der Waals surface area contributed by atoms with E-state index in [0.29, 0.717) is 21.6 Å². The van der Waals surface area contributed by atoms with Crippen LogP contribution in [0.25, 0.3) is 0 Å². The summed E-state index contributed by atoms with van der Waals surface area (Å²) >= 11 is 6.55. The molecule has 0 radical (unpaired) electrons. The summed E-state index contributed by atoms with van der Waals surface area (Å²) in [6, 6.07) is 6.57. The molecule has 1 aromatic carbocycles. The molecule has 28 heavy (non-hydrogen) atoms. The van der Waals surface area contributed by atoms with Crippen molar-refractivity contribution in [2.24, 2.45) is 0 Å². The molecule has 1 unspecified atom stereocenters. The van der Waals surface area contributed by atoms with Gasteiger partial charge in [0.2, 0.25) is 5.91 Å². The van der Waals surface area contributed by atoms with Gasteiger partial charge in [0.15, 0.2) is 5.13 Å². The van der Waals surface area contributed by atoms with E-state index >= 15 is 0 Å². The van der Waals surface area contributed by atoms with Crippen molar-refractivity contribution in [2.75, 3.05) is 17.3 Å². The molecule has 5 nitrogen and oxygen atoms in total. The first-order valence-electron chi connectivity index (χ1n) is 9.33. The highest BCUT2D eigenvalue weighted by molar-refractivity contribution is 9.10. The van der Waals surface area contributed by atoms with Crippen molar-refractivity contribution in [1.82, 2.24) is 10.3 Å². The van der Waals surface area contributed by atoms with Crippen LogP contribution in [0.3, 0.4) is 0 Å². The zero-order valence-corrected chi connectivity index (χ0v) is 19.6. The molecule has 152 valence electrons. The minimum Gasteiger partial charge on any atom is -0.340 e. The molecule has 0 bridgehead atoms. The summed E-state index contributed by atoms with van der Waals surface area (Å²) in [5.41, 5.74) is 1.57. The summed E-state index contributed by atoms with van der Waals surface area (Å²) in [5.74, 6) is 0.274. The normalized spacial score (nSPS) is 11.9. The average Bonchev–Trinajstić information content (AvgIpc) is 3.06. The van der Waals surface area contributed by atoms with Crippen LogP contribution in [-0.2, 0) is 17.6 Å². The Morgan fingerprint density at radius 3 is 2.68 bits per heavy atom. The summed E-state index contributed by atoms with van der Waals surface area (Å²) in [7, 11) is 0. The molecule has 2 rings (SSSR count). The summed E-state index contributed by atoms with van der Waals surface area (Å²) in [4.78, 5) is 31.3. The highest BCUT2D eigenvalue weighted by atomic mass is 79.9. The van der Waals surface area contributed by atoms with E-state index in [4.69, 9.17) is 0 Å². The van der Waals surface area contributed by atoms with Crippen molar-refractivity contribution < 1.29 is 9.59 Å². The topological polar surface area (TPSA) is 71.1 Å². The minimum absolute atomic E-state index is 0.228. The predicted molar refractivity (Wildman–Crippen MR) is 123 cm³/mol. The summed E-state index contributed by atoms with van der Waals surface area (Å²) in [5, 5.41) is 6.39. The second kappa shape index (κ2) is 11.6. The van der Waals surface area contributed by atoms with Gasteiger partial charge in [0, 0.05) is 9.35 Å². The molecule has 0 aliphatic heterocycles. The van der Waals surface area contributed by atoms with E-state index < -0.39 is 6.04 Å². The number of halogens is 1. The van der Waals surface area contributed by atoms with E-state index in [1.54, 1.807) is 23.9 Å². The third-order valence-corrected chi connectivity index (χ3v) is 6.66. The number of carbonyl (C=O) groups excluding carboxylic acids is 2. The van der Waals surface area contributed by atoms with E-state index in [9.17, 15) is 9.59 Å². The molecule has 0 aliphatic rings. The molecule has 2 aromatic rings. The van der Waals surface area contributed by atoms with Gasteiger partial charge in [0.05, 0.1) is 11.3 Å². The van der Waals surface area contributed by atoms with Crippen LogP contribution in [0.1, 0.15) is 47.6 Å². The van der Waals surface area contributed by atoms with Crippen LogP contribution in [0.2, 0.25) is 0 Å². The van der Waals surface area contributed by atoms with Gasteiger partial charge in [-0.25, -0.2) is 4.98 Å². The van der Waals surface area contributed by atoms with Crippen molar-refractivity contribution in [3.05, 3.63) is 44.9 Å². The lowest BCUT2D eigenvalue weighted by atomic mass is 10.1. The van der Waals surface area contributed by atoms with Crippen molar-refractivity contribution in [1.29, 1.82) is 0 Å². The fourth-order valence-corrected chi connectivity index (χ4v) is 4.61. The third kappa shape index (κ3) is 6.32. The zero-order chi connectivity index (χ0) is 20.5. The van der Waals surface area contributed by atoms with Crippen molar-refractivity contribution in [3.63, 3.8) is 0 Å². The zero-order valence-electron chi connectivity index (χ0n) is 16.4. The van der Waals surface area contributed by atoms with E-state index in [1.165, 1.54) is 16.2 Å². The van der Waals surface area contributed by atoms with Gasteiger partial charge < -0.3 is 10.6 Å². The minimum atomic E-state index is -0.615. The van der Waals surface area contributed by atoms with Crippen LogP contribution < -0.4 is 10.6 Å². The van der Waals surface area contributed by atoms with Crippen LogP contribution in [-0.4, -0.2) is 34.8 Å². The van der Waals surface area contributed by atoms with E-state index in [-0.39, 0.29) is 11.8 Å². The summed E-state index contributed by atoms with van der Waals surface area (Å²) < 4.78 is 0.702. The van der Waals surface area contributed by atoms with Crippen molar-refractivity contribution in [3.8, 4) is 0 Å². The fraction of sp³-hybridized carbons (Fsp3) is 0.450. The van der Waals surface area contributed by atoms with Gasteiger partial charge >= 0.3 is 0 Å². The molecule has 0 fully saturated rings. The van der Waals surface area contributed by atoms with Crippen molar-refractivity contribution in [2.45, 2.75) is 45.6 Å². The molecule has 0 spiro atoms. The number of aromatic nitrogens is 1. The number of anilines is 1. The lowest BCUT2D eigenvalue weighted by molar-refractivity contribution is -0.118. The number of carbonyl (C=O) groups is 2. The standard InChI is InChI=1S/C20H26BrN3O2S2/c1-4-8-15-17(5-2)28-20(23-15)24-19(26)16(11-12-27-3)22-18(25)13-9-6-7-10-14(13)21/h6-7,9-10,16H,4-5,8,11-12H2,1-3H3,(H,22,25)(H,23,24,26). The van der Waals surface area contributed by atoms with Gasteiger partial charge in [0.25, 0.3) is 5.91 Å². The van der Waals surface area contributed by atoms with Gasteiger partial charge in [-0.15, -0.1) is 11.3 Å². The maximum absolute atomic E-state index is 12.9. The van der Waals surface area contributed by atoms with Crippen LogP contribution in [0.5, 0.6) is 0 Å². The molecule has 8 heteroatoms. The third-order valence-electron chi connectivity index (χ3n) is 4.17. The van der Waals surface area contributed by atoms with Gasteiger partial charge in [-0.3, -0.25) is 9.59 Å². The van der Waals surface area contributed by atoms with E-state index in [1.807, 2.05) is 18.4 Å². The highest BCUT2D eigenvalue weighted by Crippen LogP contribution is 2.25. The molecule has 2 N–H and O–H groups in total. The first-order chi connectivity index (χ1) is 13.5. The molecule has 0 saturated carbocycles. The van der Waals surface area contributed by atoms with E-state index in [2.05, 4.69) is 45.4 Å². The number of nitrogens with zero attached hydrogens (tertiary/aromatic N) is 1. The highest BCUT2D eigenvalue weighted by Gasteiger charge is 2.23. The quantitative estimate of drug-likeness (QED) is 0.503. The molecule has 0 saturated heterocycles. The first kappa shape index (κ1) is 22.9. The van der Waals surface area contributed by atoms with E-state index in [0.717, 1.165) is 30.7 Å². The van der Waals surface area contributed by atoms with Gasteiger partial charge in [-0.1, -0.05) is 32.4 Å². The Labute approximate surface area is 183 Å². The van der Waals surface area contributed by atoms with Crippen molar-refractivity contribution >= 4 is 56.0 Å². The fourth-order valence-electron chi connectivity index (χ4n) is 2.72. The lowest BCUT2D eigenvalue weighted by Crippen LogP contribution is -2.44. The summed E-state index contributed by atoms with van der Waals surface area (Å²) in [6.45, 7) is 4.21. The average molecular weight is 484 g/mol. The number of rotatable bonds is 10. The molecular weight excluding hydrogens is 458 g/mol. The van der Waals surface area contributed by atoms with Crippen LogP contribution in [0.15, 0.2) is 28.7 Å². The Morgan fingerprint density at radius 1 is 1.29 bits per heavy atom. The Hall–Kier alpha value is -1.38. The second-order valence-corrected chi connectivity index (χ2v) is 9.19. The molecule has 1 aromatic heterocycles. The predicted octanol–water partition coefficient (Wildman–Crippen LogP) is 4.91. The van der Waals surface area contributed by atoms with Gasteiger partial charge in [0.1, 0.15) is 6.04 Å². The Kier molecular flexibility index (Phi) is 9.47. The lowest BCUT2D eigenvalue weighted by Gasteiger charge is -2.18. The molecule has 1 heterocycles. The first-order valence-corrected chi connectivity index (χ1v) is 12.3. The number of thiazole rings is 1. The smallest absolute Gasteiger partial charge is 0.253 e. The Morgan fingerprint density at radius 2 is 2.04 bits per heavy atom. The largest absolute Gasteiger partial charge is 0.340 e. The molecule has 1 atom stereocenters. The molecular formula is C20H26BrN3O2S2. The number of hydrogen-bond acceptors (Lipinski definition) is 5. The van der Waals surface area contributed by atoms with Crippen LogP contribution >= 0.6 is 39.0 Å². The van der Waals surface area contributed by atoms with Gasteiger partial charge in [-0.05, 0) is 59.3 Å². The van der Waals surface area contributed by atoms with Crippen LogP contribution in [0, 0.1) is 0 Å². The number of benzene rings is 1. The SMILES string of the molecule is CCCc1nc(NC(=O)C(CCSC)NC(=O)c2ccccc2Br)sc1CC. The number of nitrogens with one attached hydrogen (secondary N) is 2. The molecule has 0 aliphatic carbocycles. The Balaban J connectivity index is 2.12. The number of hydrogen-bond donors (Lipinski definition) is 2. The Bertz CT molecular complexity index is 810. The number of amides is 2. The summed E-state index contributed by atoms with van der Waals surface area (Å²) in [6.07, 6.45) is 5.36. The maximum atomic E-state index is 12.9. The van der Waals surface area contributed by atoms with Gasteiger partial charge in [-0.2, -0.15) is 11.8 Å². The number of thioether (sulfide) groups is 1. The monoisotopic (exact) mass is 483 g/mol. The molecule has 2 amide bonds. The van der Waals surface area contributed by atoms with Crippen LogP contribution in [0.4, 0.5) is 5.13 Å². The maximum Gasteiger partial charge on any atom is 0.253 e. The second-order valence-electron chi connectivity index (χ2n) is 6.27.